The number of carbonyl (C=O) groups excluding carboxylic acids is 1. The summed E-state index contributed by atoms with van der Waals surface area (Å²) in [7, 11) is -2.69. The zero-order valence-corrected chi connectivity index (χ0v) is 22.9. The molecule has 0 saturated carbocycles. The number of hydrogen-bond donors (Lipinski definition) is 1. The number of halogens is 2. The van der Waals surface area contributed by atoms with Gasteiger partial charge in [0.15, 0.2) is 12.7 Å². The predicted octanol–water partition coefficient (Wildman–Crippen LogP) is 7.63. The SMILES string of the molecule is O=C(N/C(=C(\Cl)c1ccc(Cl)cc1)[P+](c1ccccc1)(c1ccccc1)c1ccccc1)c1ccccc1. The zero-order valence-electron chi connectivity index (χ0n) is 20.5. The molecule has 5 aromatic carbocycles. The Morgan fingerprint density at radius 1 is 0.526 bits per heavy atom. The van der Waals surface area contributed by atoms with Crippen LogP contribution in [0.2, 0.25) is 5.02 Å². The highest BCUT2D eigenvalue weighted by Crippen LogP contribution is 2.63. The Labute approximate surface area is 233 Å². The van der Waals surface area contributed by atoms with E-state index < -0.39 is 7.26 Å². The van der Waals surface area contributed by atoms with Crippen LogP contribution in [-0.4, -0.2) is 5.91 Å². The van der Waals surface area contributed by atoms with Crippen molar-refractivity contribution in [2.75, 3.05) is 0 Å². The quantitative estimate of drug-likeness (QED) is 0.206. The Hall–Kier alpha value is -3.68. The van der Waals surface area contributed by atoms with Crippen molar-refractivity contribution in [2.45, 2.75) is 0 Å². The lowest BCUT2D eigenvalue weighted by molar-refractivity contribution is 0.0969. The molecule has 0 aliphatic carbocycles. The minimum absolute atomic E-state index is 0.222. The first kappa shape index (κ1) is 25.9. The van der Waals surface area contributed by atoms with Gasteiger partial charge in [0.2, 0.25) is 0 Å². The van der Waals surface area contributed by atoms with Crippen LogP contribution in [0, 0.1) is 0 Å². The van der Waals surface area contributed by atoms with Gasteiger partial charge in [-0.05, 0) is 66.2 Å². The fourth-order valence-electron chi connectivity index (χ4n) is 4.58. The van der Waals surface area contributed by atoms with Crippen LogP contribution in [-0.2, 0) is 0 Å². The lowest BCUT2D eigenvalue weighted by Gasteiger charge is -2.30. The summed E-state index contributed by atoms with van der Waals surface area (Å²) in [4.78, 5) is 13.8. The summed E-state index contributed by atoms with van der Waals surface area (Å²) in [5.74, 6) is -0.222. The maximum atomic E-state index is 13.8. The summed E-state index contributed by atoms with van der Waals surface area (Å²) in [6, 6.07) is 47.5. The fourth-order valence-corrected chi connectivity index (χ4v) is 9.48. The molecule has 5 heteroatoms. The number of rotatable bonds is 7. The fraction of sp³-hybridized carbons (Fsp3) is 0. The second-order valence-electron chi connectivity index (χ2n) is 8.67. The van der Waals surface area contributed by atoms with E-state index >= 15 is 0 Å². The molecule has 0 heterocycles. The molecule has 0 bridgehead atoms. The largest absolute Gasteiger partial charge is 0.291 e. The smallest absolute Gasteiger partial charge is 0.258 e. The second kappa shape index (κ2) is 11.8. The van der Waals surface area contributed by atoms with Gasteiger partial charge >= 0.3 is 0 Å². The lowest BCUT2D eigenvalue weighted by atomic mass is 10.2. The normalized spacial score (nSPS) is 11.9. The summed E-state index contributed by atoms with van der Waals surface area (Å²) in [5, 5.41) is 7.62. The van der Waals surface area contributed by atoms with Crippen molar-refractivity contribution in [1.29, 1.82) is 0 Å². The van der Waals surface area contributed by atoms with Gasteiger partial charge in [0.25, 0.3) is 5.91 Å². The van der Waals surface area contributed by atoms with Crippen LogP contribution in [0.1, 0.15) is 15.9 Å². The number of hydrogen-bond acceptors (Lipinski definition) is 1. The molecule has 0 atom stereocenters. The molecular formula is C33H25Cl2NOP+. The Balaban J connectivity index is 1.88. The van der Waals surface area contributed by atoms with Gasteiger partial charge in [-0.25, -0.2) is 0 Å². The van der Waals surface area contributed by atoms with E-state index in [-0.39, 0.29) is 5.91 Å². The molecule has 0 spiro atoms. The van der Waals surface area contributed by atoms with E-state index in [0.29, 0.717) is 21.1 Å². The maximum absolute atomic E-state index is 13.8. The summed E-state index contributed by atoms with van der Waals surface area (Å²) in [5.41, 5.74) is 1.99. The van der Waals surface area contributed by atoms with Crippen LogP contribution >= 0.6 is 30.5 Å². The summed E-state index contributed by atoms with van der Waals surface area (Å²) < 4.78 is 0. The van der Waals surface area contributed by atoms with Crippen LogP contribution in [0.3, 0.4) is 0 Å². The van der Waals surface area contributed by atoms with Gasteiger partial charge < -0.3 is 0 Å². The van der Waals surface area contributed by atoms with E-state index in [4.69, 9.17) is 23.2 Å². The lowest BCUT2D eigenvalue weighted by Crippen LogP contribution is -2.38. The van der Waals surface area contributed by atoms with Gasteiger partial charge in [0.05, 0.1) is 0 Å². The van der Waals surface area contributed by atoms with Crippen molar-refractivity contribution in [3.8, 4) is 0 Å². The molecule has 38 heavy (non-hydrogen) atoms. The summed E-state index contributed by atoms with van der Waals surface area (Å²) >= 11 is 13.6. The summed E-state index contributed by atoms with van der Waals surface area (Å²) in [6.45, 7) is 0. The first-order chi connectivity index (χ1) is 18.6. The topological polar surface area (TPSA) is 29.1 Å². The number of nitrogens with one attached hydrogen (secondary N) is 1. The van der Waals surface area contributed by atoms with Crippen LogP contribution in [0.25, 0.3) is 5.03 Å². The van der Waals surface area contributed by atoms with Crippen molar-refractivity contribution in [3.63, 3.8) is 0 Å². The second-order valence-corrected chi connectivity index (χ2v) is 12.8. The van der Waals surface area contributed by atoms with Crippen LogP contribution in [0.15, 0.2) is 151 Å². The van der Waals surface area contributed by atoms with E-state index in [2.05, 4.69) is 41.7 Å². The van der Waals surface area contributed by atoms with E-state index in [9.17, 15) is 4.79 Å². The molecule has 0 aliphatic rings. The van der Waals surface area contributed by atoms with E-state index in [0.717, 1.165) is 21.5 Å². The third-order valence-corrected chi connectivity index (χ3v) is 11.4. The molecule has 0 saturated heterocycles. The third kappa shape index (κ3) is 5.17. The third-order valence-electron chi connectivity index (χ3n) is 6.34. The molecule has 0 fully saturated rings. The van der Waals surface area contributed by atoms with Gasteiger partial charge in [0.1, 0.15) is 20.9 Å². The molecule has 186 valence electrons. The Bertz CT molecular complexity index is 1440. The van der Waals surface area contributed by atoms with Gasteiger partial charge in [0, 0.05) is 10.6 Å². The average molecular weight is 553 g/mol. The van der Waals surface area contributed by atoms with Crippen molar-refractivity contribution < 1.29 is 4.79 Å². The van der Waals surface area contributed by atoms with E-state index in [1.165, 1.54) is 0 Å². The van der Waals surface area contributed by atoms with Crippen molar-refractivity contribution >= 4 is 57.3 Å². The molecule has 0 radical (unpaired) electrons. The molecule has 0 aliphatic heterocycles. The Kier molecular flexibility index (Phi) is 8.05. The van der Waals surface area contributed by atoms with Gasteiger partial charge in [-0.1, -0.05) is 108 Å². The van der Waals surface area contributed by atoms with E-state index in [1.54, 1.807) is 12.1 Å². The minimum atomic E-state index is -2.69. The first-order valence-electron chi connectivity index (χ1n) is 12.2. The Morgan fingerprint density at radius 3 is 1.34 bits per heavy atom. The van der Waals surface area contributed by atoms with Gasteiger partial charge in [-0.3, -0.25) is 10.1 Å². The molecule has 1 N–H and O–H groups in total. The highest BCUT2D eigenvalue weighted by Gasteiger charge is 2.52. The summed E-state index contributed by atoms with van der Waals surface area (Å²) in [6.07, 6.45) is 0. The van der Waals surface area contributed by atoms with Gasteiger partial charge in [-0.2, -0.15) is 0 Å². The molecule has 1 amide bonds. The predicted molar refractivity (Wildman–Crippen MR) is 163 cm³/mol. The number of benzene rings is 5. The molecule has 2 nitrogen and oxygen atoms in total. The zero-order chi connectivity index (χ0) is 26.4. The van der Waals surface area contributed by atoms with Crippen LogP contribution in [0.5, 0.6) is 0 Å². The number of carbonyl (C=O) groups is 1. The van der Waals surface area contributed by atoms with Crippen LogP contribution < -0.4 is 21.2 Å². The standard InChI is InChI=1S/C33H24Cl2NOP/c34-27-23-21-25(22-24-27)31(35)33(36-32(37)26-13-5-1-6-14-26)38(28-15-7-2-8-16-28,29-17-9-3-10-18-29)30-19-11-4-12-20-30/h1-24H/p+1/b33-31+. The highest BCUT2D eigenvalue weighted by atomic mass is 35.5. The van der Waals surface area contributed by atoms with E-state index in [1.807, 2.05) is 97.1 Å². The van der Waals surface area contributed by atoms with Crippen molar-refractivity contribution in [3.05, 3.63) is 167 Å². The van der Waals surface area contributed by atoms with Crippen LogP contribution in [0.4, 0.5) is 0 Å². The Morgan fingerprint density at radius 2 is 0.921 bits per heavy atom. The first-order valence-corrected chi connectivity index (χ1v) is 14.7. The number of amides is 1. The van der Waals surface area contributed by atoms with Crippen molar-refractivity contribution in [2.24, 2.45) is 0 Å². The molecule has 0 unspecified atom stereocenters. The monoisotopic (exact) mass is 552 g/mol. The molecular weight excluding hydrogens is 528 g/mol. The molecule has 5 aromatic rings. The minimum Gasteiger partial charge on any atom is -0.291 e. The average Bonchev–Trinajstić information content (AvgIpc) is 2.99. The van der Waals surface area contributed by atoms with Gasteiger partial charge in [-0.15, -0.1) is 0 Å². The highest BCUT2D eigenvalue weighted by molar-refractivity contribution is 7.99. The van der Waals surface area contributed by atoms with Crippen molar-refractivity contribution in [1.82, 2.24) is 5.32 Å². The molecule has 0 aromatic heterocycles. The maximum Gasteiger partial charge on any atom is 0.258 e. The molecule has 5 rings (SSSR count).